The van der Waals surface area contributed by atoms with Gasteiger partial charge in [-0.15, -0.1) is 0 Å². The van der Waals surface area contributed by atoms with Crippen molar-refractivity contribution in [1.82, 2.24) is 0 Å². The normalized spacial score (nSPS) is 27.2. The maximum absolute atomic E-state index is 9.16. The van der Waals surface area contributed by atoms with E-state index >= 15 is 0 Å². The van der Waals surface area contributed by atoms with Crippen LogP contribution in [0, 0.1) is 22.7 Å². The Balaban J connectivity index is 2.87. The third-order valence-corrected chi connectivity index (χ3v) is 2.31. The Kier molecular flexibility index (Phi) is 2.93. The molecular formula is C12H17N. The lowest BCUT2D eigenvalue weighted by Crippen LogP contribution is -2.17. The minimum Gasteiger partial charge on any atom is -0.197 e. The fourth-order valence-corrected chi connectivity index (χ4v) is 1.92. The first kappa shape index (κ1) is 10.1. The van der Waals surface area contributed by atoms with E-state index in [1.165, 1.54) is 5.57 Å². The zero-order valence-electron chi connectivity index (χ0n) is 8.67. The molecule has 0 aromatic carbocycles. The first-order chi connectivity index (χ1) is 6.08. The van der Waals surface area contributed by atoms with Crippen molar-refractivity contribution < 1.29 is 0 Å². The van der Waals surface area contributed by atoms with Crippen LogP contribution in [0.5, 0.6) is 0 Å². The van der Waals surface area contributed by atoms with Gasteiger partial charge in [-0.25, -0.2) is 0 Å². The molecule has 0 N–H and O–H groups in total. The molecule has 0 aromatic rings. The van der Waals surface area contributed by atoms with E-state index in [1.54, 1.807) is 0 Å². The van der Waals surface area contributed by atoms with Crippen LogP contribution in [0.1, 0.15) is 33.6 Å². The second-order valence-corrected chi connectivity index (χ2v) is 4.35. The highest BCUT2D eigenvalue weighted by Gasteiger charge is 2.27. The largest absolute Gasteiger partial charge is 0.197 e. The Morgan fingerprint density at radius 2 is 2.31 bits per heavy atom. The van der Waals surface area contributed by atoms with Crippen molar-refractivity contribution in [3.05, 3.63) is 23.8 Å². The average molecular weight is 175 g/mol. The molecule has 0 spiro atoms. The lowest BCUT2D eigenvalue weighted by molar-refractivity contribution is 0.454. The minimum absolute atomic E-state index is 0.323. The third-order valence-electron chi connectivity index (χ3n) is 2.31. The Hall–Kier alpha value is -1.03. The fourth-order valence-electron chi connectivity index (χ4n) is 1.92. The maximum atomic E-state index is 9.16. The quantitative estimate of drug-likeness (QED) is 0.590. The molecule has 0 aliphatic heterocycles. The number of nitriles is 1. The van der Waals surface area contributed by atoms with E-state index in [0.717, 1.165) is 12.8 Å². The number of nitrogens with zero attached hydrogens (tertiary/aromatic N) is 1. The highest BCUT2D eigenvalue weighted by molar-refractivity contribution is 5.30. The van der Waals surface area contributed by atoms with Crippen molar-refractivity contribution in [2.24, 2.45) is 11.3 Å². The zero-order chi connectivity index (χ0) is 9.90. The first-order valence-corrected chi connectivity index (χ1v) is 4.85. The Bertz CT molecular complexity index is 278. The van der Waals surface area contributed by atoms with Crippen molar-refractivity contribution in [2.75, 3.05) is 0 Å². The van der Waals surface area contributed by atoms with Crippen LogP contribution in [0.2, 0.25) is 0 Å². The summed E-state index contributed by atoms with van der Waals surface area (Å²) in [6, 6.07) is 2.42. The molecule has 1 nitrogen and oxygen atoms in total. The molecule has 1 aliphatic carbocycles. The first-order valence-electron chi connectivity index (χ1n) is 4.85. The van der Waals surface area contributed by atoms with E-state index in [4.69, 9.17) is 5.26 Å². The summed E-state index contributed by atoms with van der Waals surface area (Å²) in [6.07, 6.45) is 8.22. The lowest BCUT2D eigenvalue weighted by Gasteiger charge is -2.24. The molecule has 1 rings (SSSR count). The van der Waals surface area contributed by atoms with E-state index in [-0.39, 0.29) is 5.41 Å². The van der Waals surface area contributed by atoms with Gasteiger partial charge in [-0.3, -0.25) is 0 Å². The van der Waals surface area contributed by atoms with E-state index in [0.29, 0.717) is 5.92 Å². The van der Waals surface area contributed by atoms with Crippen LogP contribution >= 0.6 is 0 Å². The van der Waals surface area contributed by atoms with Crippen molar-refractivity contribution in [1.29, 1.82) is 5.26 Å². The van der Waals surface area contributed by atoms with Gasteiger partial charge in [-0.2, -0.15) is 5.26 Å². The summed E-state index contributed by atoms with van der Waals surface area (Å²) >= 11 is 0. The number of hydrogen-bond donors (Lipinski definition) is 0. The van der Waals surface area contributed by atoms with Crippen LogP contribution in [-0.2, 0) is 0 Å². The fraction of sp³-hybridized carbons (Fsp3) is 0.583. The summed E-state index contributed by atoms with van der Waals surface area (Å²) < 4.78 is 0. The third kappa shape index (κ3) is 2.45. The van der Waals surface area contributed by atoms with Crippen LogP contribution in [0.4, 0.5) is 0 Å². The van der Waals surface area contributed by atoms with Gasteiger partial charge in [-0.1, -0.05) is 37.6 Å². The molecule has 1 atom stereocenters. The van der Waals surface area contributed by atoms with Gasteiger partial charge in [0.25, 0.3) is 0 Å². The van der Waals surface area contributed by atoms with Crippen molar-refractivity contribution in [2.45, 2.75) is 33.6 Å². The van der Waals surface area contributed by atoms with Crippen LogP contribution < -0.4 is 0 Å². The molecule has 0 aromatic heterocycles. The topological polar surface area (TPSA) is 23.8 Å². The number of rotatable bonds is 2. The van der Waals surface area contributed by atoms with Gasteiger partial charge < -0.3 is 0 Å². The molecule has 70 valence electrons. The molecular weight excluding hydrogens is 158 g/mol. The minimum atomic E-state index is -0.323. The van der Waals surface area contributed by atoms with E-state index < -0.39 is 0 Å². The van der Waals surface area contributed by atoms with Crippen molar-refractivity contribution in [3.8, 4) is 6.07 Å². The van der Waals surface area contributed by atoms with Gasteiger partial charge in [0.15, 0.2) is 0 Å². The molecule has 13 heavy (non-hydrogen) atoms. The molecule has 0 fully saturated rings. The molecule has 1 aliphatic rings. The second-order valence-electron chi connectivity index (χ2n) is 4.35. The summed E-state index contributed by atoms with van der Waals surface area (Å²) in [5.41, 5.74) is 0.987. The van der Waals surface area contributed by atoms with E-state index in [9.17, 15) is 0 Å². The summed E-state index contributed by atoms with van der Waals surface area (Å²) in [4.78, 5) is 0. The molecule has 0 amide bonds. The van der Waals surface area contributed by atoms with Gasteiger partial charge in [0.2, 0.25) is 0 Å². The Morgan fingerprint density at radius 1 is 1.62 bits per heavy atom. The molecule has 0 heterocycles. The number of allylic oxidation sites excluding steroid dienone is 4. The monoisotopic (exact) mass is 175 g/mol. The van der Waals surface area contributed by atoms with Crippen LogP contribution in [0.25, 0.3) is 0 Å². The maximum Gasteiger partial charge on any atom is 0.0938 e. The highest BCUT2D eigenvalue weighted by atomic mass is 14.4. The summed E-state index contributed by atoms with van der Waals surface area (Å²) in [6.45, 7) is 6.41. The van der Waals surface area contributed by atoms with Crippen LogP contribution in [0.15, 0.2) is 23.8 Å². The standard InChI is InChI=1S/C12H17N/c1-10(2)7-12(9-13)6-4-5-11(3)8-12/h4,6,8,10H,5,7H2,1-3H3. The van der Waals surface area contributed by atoms with Gasteiger partial charge in [-0.05, 0) is 25.7 Å². The van der Waals surface area contributed by atoms with Gasteiger partial charge in [0, 0.05) is 0 Å². The molecule has 1 heteroatoms. The predicted molar refractivity (Wildman–Crippen MR) is 55.0 cm³/mol. The van der Waals surface area contributed by atoms with Crippen LogP contribution in [-0.4, -0.2) is 0 Å². The summed E-state index contributed by atoms with van der Waals surface area (Å²) in [5.74, 6) is 0.562. The summed E-state index contributed by atoms with van der Waals surface area (Å²) in [7, 11) is 0. The smallest absolute Gasteiger partial charge is 0.0938 e. The van der Waals surface area contributed by atoms with E-state index in [1.807, 2.05) is 0 Å². The summed E-state index contributed by atoms with van der Waals surface area (Å²) in [5, 5.41) is 9.16. The van der Waals surface area contributed by atoms with E-state index in [2.05, 4.69) is 45.1 Å². The predicted octanol–water partition coefficient (Wildman–Crippen LogP) is 3.45. The van der Waals surface area contributed by atoms with Crippen LogP contribution in [0.3, 0.4) is 0 Å². The van der Waals surface area contributed by atoms with Crippen molar-refractivity contribution >= 4 is 0 Å². The van der Waals surface area contributed by atoms with Gasteiger partial charge in [0.05, 0.1) is 11.5 Å². The van der Waals surface area contributed by atoms with Crippen molar-refractivity contribution in [3.63, 3.8) is 0 Å². The second kappa shape index (κ2) is 3.79. The van der Waals surface area contributed by atoms with Gasteiger partial charge in [0.1, 0.15) is 0 Å². The van der Waals surface area contributed by atoms with Gasteiger partial charge >= 0.3 is 0 Å². The Labute approximate surface area is 80.8 Å². The lowest BCUT2D eigenvalue weighted by atomic mass is 9.77. The molecule has 0 bridgehead atoms. The highest BCUT2D eigenvalue weighted by Crippen LogP contribution is 2.34. The Morgan fingerprint density at radius 3 is 2.77 bits per heavy atom. The SMILES string of the molecule is CC1=CC(C#N)(CC(C)C)C=CC1. The molecule has 1 unspecified atom stereocenters. The molecule has 0 radical (unpaired) electrons. The number of hydrogen-bond acceptors (Lipinski definition) is 1. The zero-order valence-corrected chi connectivity index (χ0v) is 8.67. The molecule has 0 saturated carbocycles. The molecule has 0 saturated heterocycles. The average Bonchev–Trinajstić information content (AvgIpc) is 2.03.